The maximum absolute atomic E-state index is 12.8. The van der Waals surface area contributed by atoms with E-state index >= 15 is 0 Å². The number of sulfonamides is 1. The molecule has 1 N–H and O–H groups in total. The zero-order chi connectivity index (χ0) is 20.3. The van der Waals surface area contributed by atoms with Gasteiger partial charge in [-0.25, -0.2) is 22.9 Å². The van der Waals surface area contributed by atoms with Crippen LogP contribution in [0.2, 0.25) is 0 Å². The van der Waals surface area contributed by atoms with E-state index in [0.717, 1.165) is 17.1 Å². The van der Waals surface area contributed by atoms with Gasteiger partial charge in [0.25, 0.3) is 0 Å². The number of hydrogen-bond acceptors (Lipinski definition) is 5. The number of imidazole rings is 1. The Morgan fingerprint density at radius 2 is 1.93 bits per heavy atom. The van der Waals surface area contributed by atoms with E-state index < -0.39 is 16.0 Å². The van der Waals surface area contributed by atoms with Crippen LogP contribution in [0, 0.1) is 13.8 Å². The molecule has 8 heteroatoms. The van der Waals surface area contributed by atoms with Gasteiger partial charge in [0.1, 0.15) is 5.82 Å². The summed E-state index contributed by atoms with van der Waals surface area (Å²) in [4.78, 5) is 16.1. The average molecular weight is 399 g/mol. The maximum atomic E-state index is 12.8. The summed E-state index contributed by atoms with van der Waals surface area (Å²) in [5, 5.41) is 0. The number of aryl methyl sites for hydroxylation is 2. The molecule has 0 aliphatic rings. The Morgan fingerprint density at radius 1 is 1.18 bits per heavy atom. The van der Waals surface area contributed by atoms with Gasteiger partial charge in [-0.15, -0.1) is 0 Å². The largest absolute Gasteiger partial charge is 0.465 e. The molecule has 0 spiro atoms. The van der Waals surface area contributed by atoms with Crippen LogP contribution in [0.1, 0.15) is 27.3 Å². The zero-order valence-corrected chi connectivity index (χ0v) is 16.7. The normalized spacial score (nSPS) is 11.4. The molecule has 0 atom stereocenters. The number of nitrogens with zero attached hydrogens (tertiary/aromatic N) is 2. The van der Waals surface area contributed by atoms with Crippen LogP contribution in [-0.4, -0.2) is 31.0 Å². The lowest BCUT2D eigenvalue weighted by atomic mass is 10.1. The van der Waals surface area contributed by atoms with Crippen molar-refractivity contribution in [2.24, 2.45) is 0 Å². The number of ether oxygens (including phenoxy) is 1. The molecule has 1 aromatic heterocycles. The molecule has 0 saturated carbocycles. The van der Waals surface area contributed by atoms with Crippen molar-refractivity contribution in [3.8, 4) is 5.69 Å². The number of benzene rings is 2. The third kappa shape index (κ3) is 3.97. The van der Waals surface area contributed by atoms with Gasteiger partial charge in [0.2, 0.25) is 10.0 Å². The number of carbonyl (C=O) groups is 1. The minimum atomic E-state index is -3.82. The summed E-state index contributed by atoms with van der Waals surface area (Å²) in [5.41, 5.74) is 2.51. The molecule has 0 unspecified atom stereocenters. The predicted molar refractivity (Wildman–Crippen MR) is 105 cm³/mol. The number of carbonyl (C=O) groups excluding carboxylic acids is 1. The molecule has 3 rings (SSSR count). The predicted octanol–water partition coefficient (Wildman–Crippen LogP) is 2.75. The molecule has 0 aliphatic carbocycles. The lowest BCUT2D eigenvalue weighted by Gasteiger charge is -2.13. The Morgan fingerprint density at radius 3 is 2.61 bits per heavy atom. The minimum absolute atomic E-state index is 0.00907. The number of methoxy groups -OCH3 is 1. The molecule has 0 fully saturated rings. The smallest absolute Gasteiger partial charge is 0.338 e. The van der Waals surface area contributed by atoms with Gasteiger partial charge in [-0.3, -0.25) is 0 Å². The molecular formula is C20H21N3O4S. The fourth-order valence-electron chi connectivity index (χ4n) is 2.88. The topological polar surface area (TPSA) is 90.3 Å². The number of esters is 1. The van der Waals surface area contributed by atoms with E-state index in [1.165, 1.54) is 19.2 Å². The van der Waals surface area contributed by atoms with Crippen molar-refractivity contribution in [2.45, 2.75) is 25.3 Å². The fourth-order valence-corrected chi connectivity index (χ4v) is 3.91. The third-order valence-electron chi connectivity index (χ3n) is 4.45. The Balaban J connectivity index is 1.88. The second-order valence-electron chi connectivity index (χ2n) is 6.27. The van der Waals surface area contributed by atoms with Gasteiger partial charge in [0.05, 0.1) is 23.3 Å². The summed E-state index contributed by atoms with van der Waals surface area (Å²) in [6, 6.07) is 11.9. The molecule has 0 saturated heterocycles. The average Bonchev–Trinajstić information content (AvgIpc) is 3.12. The van der Waals surface area contributed by atoms with Crippen LogP contribution in [0.3, 0.4) is 0 Å². The quantitative estimate of drug-likeness (QED) is 0.644. The molecule has 0 aliphatic heterocycles. The Bertz CT molecular complexity index is 1120. The number of para-hydroxylation sites is 1. The van der Waals surface area contributed by atoms with Crippen molar-refractivity contribution in [3.05, 3.63) is 77.4 Å². The van der Waals surface area contributed by atoms with E-state index in [0.29, 0.717) is 5.56 Å². The van der Waals surface area contributed by atoms with Gasteiger partial charge in [0, 0.05) is 18.9 Å². The lowest BCUT2D eigenvalue weighted by molar-refractivity contribution is 0.0599. The third-order valence-corrected chi connectivity index (χ3v) is 5.85. The lowest BCUT2D eigenvalue weighted by Crippen LogP contribution is -2.24. The van der Waals surface area contributed by atoms with Gasteiger partial charge in [-0.2, -0.15) is 0 Å². The SMILES string of the molecule is COC(=O)c1cc(S(=O)(=O)NCc2ccccc2-n2ccnc2C)ccc1C. The van der Waals surface area contributed by atoms with Crippen LogP contribution in [0.5, 0.6) is 0 Å². The number of aromatic nitrogens is 2. The highest BCUT2D eigenvalue weighted by molar-refractivity contribution is 7.89. The van der Waals surface area contributed by atoms with Gasteiger partial charge >= 0.3 is 5.97 Å². The van der Waals surface area contributed by atoms with Crippen LogP contribution < -0.4 is 4.72 Å². The molecular weight excluding hydrogens is 378 g/mol. The first-order chi connectivity index (χ1) is 13.3. The van der Waals surface area contributed by atoms with Crippen LogP contribution in [0.25, 0.3) is 5.69 Å². The van der Waals surface area contributed by atoms with Crippen LogP contribution in [0.4, 0.5) is 0 Å². The van der Waals surface area contributed by atoms with Crippen molar-refractivity contribution in [3.63, 3.8) is 0 Å². The van der Waals surface area contributed by atoms with E-state index in [1.807, 2.05) is 42.0 Å². The summed E-state index contributed by atoms with van der Waals surface area (Å²) < 4.78 is 34.7. The first-order valence-corrected chi connectivity index (χ1v) is 10.1. The van der Waals surface area contributed by atoms with Crippen molar-refractivity contribution in [1.29, 1.82) is 0 Å². The highest BCUT2D eigenvalue weighted by Gasteiger charge is 2.19. The fraction of sp³-hybridized carbons (Fsp3) is 0.200. The maximum Gasteiger partial charge on any atom is 0.338 e. The molecule has 2 aromatic carbocycles. The van der Waals surface area contributed by atoms with Crippen LogP contribution in [0.15, 0.2) is 59.8 Å². The highest BCUT2D eigenvalue weighted by Crippen LogP contribution is 2.19. The van der Waals surface area contributed by atoms with Gasteiger partial charge in [-0.05, 0) is 43.2 Å². The Labute approximate surface area is 164 Å². The molecule has 0 amide bonds. The number of rotatable bonds is 6. The second-order valence-corrected chi connectivity index (χ2v) is 8.03. The minimum Gasteiger partial charge on any atom is -0.465 e. The standard InChI is InChI=1S/C20H21N3O4S/c1-14-8-9-17(12-18(14)20(24)27-3)28(25,26)22-13-16-6-4-5-7-19(16)23-11-10-21-15(23)2/h4-12,22H,13H2,1-3H3. The van der Waals surface area contributed by atoms with Crippen molar-refractivity contribution in [2.75, 3.05) is 7.11 Å². The number of nitrogens with one attached hydrogen (secondary N) is 1. The molecule has 7 nitrogen and oxygen atoms in total. The van der Waals surface area contributed by atoms with E-state index in [2.05, 4.69) is 9.71 Å². The van der Waals surface area contributed by atoms with E-state index in [4.69, 9.17) is 4.74 Å². The Hall–Kier alpha value is -2.97. The van der Waals surface area contributed by atoms with Crippen molar-refractivity contribution in [1.82, 2.24) is 14.3 Å². The highest BCUT2D eigenvalue weighted by atomic mass is 32.2. The monoisotopic (exact) mass is 399 g/mol. The first kappa shape index (κ1) is 19.8. The second kappa shape index (κ2) is 7.95. The summed E-state index contributed by atoms with van der Waals surface area (Å²) in [5.74, 6) is 0.229. The molecule has 0 bridgehead atoms. The van der Waals surface area contributed by atoms with Crippen molar-refractivity contribution >= 4 is 16.0 Å². The molecule has 3 aromatic rings. The summed E-state index contributed by atoms with van der Waals surface area (Å²) in [6.45, 7) is 3.69. The Kier molecular flexibility index (Phi) is 5.62. The molecule has 0 radical (unpaired) electrons. The van der Waals surface area contributed by atoms with Gasteiger partial charge in [-0.1, -0.05) is 24.3 Å². The van der Waals surface area contributed by atoms with Crippen LogP contribution >= 0.6 is 0 Å². The summed E-state index contributed by atoms with van der Waals surface area (Å²) in [7, 11) is -2.56. The molecule has 1 heterocycles. The van der Waals surface area contributed by atoms with E-state index in [9.17, 15) is 13.2 Å². The van der Waals surface area contributed by atoms with E-state index in [1.54, 1.807) is 19.2 Å². The molecule has 28 heavy (non-hydrogen) atoms. The van der Waals surface area contributed by atoms with E-state index in [-0.39, 0.29) is 17.0 Å². The zero-order valence-electron chi connectivity index (χ0n) is 15.8. The van der Waals surface area contributed by atoms with Crippen LogP contribution in [-0.2, 0) is 21.3 Å². The van der Waals surface area contributed by atoms with Gasteiger partial charge in [0.15, 0.2) is 0 Å². The van der Waals surface area contributed by atoms with Crippen molar-refractivity contribution < 1.29 is 17.9 Å². The first-order valence-electron chi connectivity index (χ1n) is 8.60. The number of hydrogen-bond donors (Lipinski definition) is 1. The molecule has 146 valence electrons. The summed E-state index contributed by atoms with van der Waals surface area (Å²) >= 11 is 0. The van der Waals surface area contributed by atoms with Gasteiger partial charge < -0.3 is 9.30 Å². The summed E-state index contributed by atoms with van der Waals surface area (Å²) in [6.07, 6.45) is 3.52.